The summed E-state index contributed by atoms with van der Waals surface area (Å²) in [6.07, 6.45) is 0. The zero-order valence-electron chi connectivity index (χ0n) is 19.3. The number of nitrogens with one attached hydrogen (secondary N) is 1. The van der Waals surface area contributed by atoms with Crippen LogP contribution in [0.25, 0.3) is 0 Å². The Morgan fingerprint density at radius 1 is 0.917 bits per heavy atom. The molecule has 6 rings (SSSR count). The average Bonchev–Trinajstić information content (AvgIpc) is 3.38. The second-order valence-corrected chi connectivity index (χ2v) is 11.1. The number of hydrogen-bond acceptors (Lipinski definition) is 6. The SMILES string of the molecule is Cc1cccc(COc2ccc(C3c4sc(=O)[nH]c4SC4C(=O)N(c5ccccc5)C(=O)C43)cc2)c1. The molecule has 0 radical (unpaired) electrons. The van der Waals surface area contributed by atoms with Crippen LogP contribution >= 0.6 is 23.1 Å². The zero-order valence-corrected chi connectivity index (χ0v) is 21.0. The maximum Gasteiger partial charge on any atom is 0.305 e. The van der Waals surface area contributed by atoms with Crippen molar-refractivity contribution in [2.75, 3.05) is 4.90 Å². The Kier molecular flexibility index (Phi) is 5.78. The van der Waals surface area contributed by atoms with Crippen molar-refractivity contribution >= 4 is 40.6 Å². The first-order valence-corrected chi connectivity index (χ1v) is 13.3. The van der Waals surface area contributed by atoms with E-state index in [2.05, 4.69) is 11.1 Å². The van der Waals surface area contributed by atoms with Gasteiger partial charge in [0, 0.05) is 10.8 Å². The Balaban J connectivity index is 1.33. The molecule has 0 saturated carbocycles. The third-order valence-corrected chi connectivity index (χ3v) is 8.97. The van der Waals surface area contributed by atoms with Crippen molar-refractivity contribution in [3.8, 4) is 5.75 Å². The van der Waals surface area contributed by atoms with Gasteiger partial charge in [-0.3, -0.25) is 14.4 Å². The summed E-state index contributed by atoms with van der Waals surface area (Å²) in [7, 11) is 0. The predicted molar refractivity (Wildman–Crippen MR) is 141 cm³/mol. The number of benzene rings is 3. The van der Waals surface area contributed by atoms with Gasteiger partial charge in [-0.1, -0.05) is 83.3 Å². The molecule has 3 aromatic carbocycles. The molecule has 2 amide bonds. The number of H-pyrrole nitrogens is 1. The zero-order chi connectivity index (χ0) is 24.8. The van der Waals surface area contributed by atoms with Crippen LogP contribution < -0.4 is 14.5 Å². The summed E-state index contributed by atoms with van der Waals surface area (Å²) < 4.78 is 5.98. The van der Waals surface area contributed by atoms with Gasteiger partial charge < -0.3 is 9.72 Å². The highest BCUT2D eigenvalue weighted by Crippen LogP contribution is 2.53. The monoisotopic (exact) mass is 514 g/mol. The lowest BCUT2D eigenvalue weighted by Crippen LogP contribution is -2.32. The largest absolute Gasteiger partial charge is 0.489 e. The minimum atomic E-state index is -0.599. The molecule has 36 heavy (non-hydrogen) atoms. The van der Waals surface area contributed by atoms with Crippen LogP contribution in [0.1, 0.15) is 27.5 Å². The maximum absolute atomic E-state index is 13.7. The van der Waals surface area contributed by atoms with Crippen molar-refractivity contribution in [2.45, 2.75) is 29.7 Å². The lowest BCUT2D eigenvalue weighted by atomic mass is 9.83. The van der Waals surface area contributed by atoms with Crippen LogP contribution in [0.4, 0.5) is 5.69 Å². The number of thiazole rings is 1. The van der Waals surface area contributed by atoms with E-state index in [0.717, 1.165) is 27.3 Å². The average molecular weight is 515 g/mol. The van der Waals surface area contributed by atoms with Gasteiger partial charge >= 0.3 is 4.87 Å². The molecular weight excluding hydrogens is 492 g/mol. The summed E-state index contributed by atoms with van der Waals surface area (Å²) in [6.45, 7) is 2.50. The van der Waals surface area contributed by atoms with E-state index in [9.17, 15) is 14.4 Å². The third kappa shape index (κ3) is 3.96. The van der Waals surface area contributed by atoms with Crippen molar-refractivity contribution in [1.82, 2.24) is 4.98 Å². The summed E-state index contributed by atoms with van der Waals surface area (Å²) in [5.41, 5.74) is 3.71. The van der Waals surface area contributed by atoms with Gasteiger partial charge in [0.15, 0.2) is 0 Å². The molecule has 2 aliphatic rings. The lowest BCUT2D eigenvalue weighted by Gasteiger charge is -2.29. The maximum atomic E-state index is 13.7. The van der Waals surface area contributed by atoms with E-state index < -0.39 is 17.1 Å². The number of anilines is 1. The number of aromatic nitrogens is 1. The number of carbonyl (C=O) groups is 2. The van der Waals surface area contributed by atoms with Gasteiger partial charge in [0.2, 0.25) is 11.8 Å². The van der Waals surface area contributed by atoms with E-state index in [1.807, 2.05) is 67.6 Å². The lowest BCUT2D eigenvalue weighted by molar-refractivity contribution is -0.122. The minimum Gasteiger partial charge on any atom is -0.489 e. The van der Waals surface area contributed by atoms with Crippen LogP contribution in [0.15, 0.2) is 88.7 Å². The standard InChI is InChI=1S/C28H22N2O4S2/c1-16-6-5-7-17(14-16)15-34-20-12-10-18(11-13-20)21-22-24(35-25-23(21)36-28(33)29-25)27(32)30(26(22)31)19-8-3-2-4-9-19/h2-14,21-22,24H,15H2,1H3,(H,29,33). The number of amides is 2. The second-order valence-electron chi connectivity index (χ2n) is 8.94. The van der Waals surface area contributed by atoms with Gasteiger partial charge in [-0.05, 0) is 42.3 Å². The molecule has 6 nitrogen and oxygen atoms in total. The summed E-state index contributed by atoms with van der Waals surface area (Å²) >= 11 is 2.40. The van der Waals surface area contributed by atoms with Crippen molar-refractivity contribution in [1.29, 1.82) is 0 Å². The molecule has 0 spiro atoms. The molecule has 1 saturated heterocycles. The normalized spacial score (nSPS) is 20.8. The number of imide groups is 1. The van der Waals surface area contributed by atoms with Crippen LogP contribution in [0.2, 0.25) is 0 Å². The second kappa shape index (κ2) is 9.11. The fourth-order valence-corrected chi connectivity index (χ4v) is 7.46. The van der Waals surface area contributed by atoms with Crippen molar-refractivity contribution in [3.05, 3.63) is 110 Å². The number of thioether (sulfide) groups is 1. The summed E-state index contributed by atoms with van der Waals surface area (Å²) in [5.74, 6) is -0.766. The molecule has 8 heteroatoms. The Morgan fingerprint density at radius 3 is 2.44 bits per heavy atom. The molecule has 0 bridgehead atoms. The van der Waals surface area contributed by atoms with Gasteiger partial charge in [-0.2, -0.15) is 0 Å². The van der Waals surface area contributed by atoms with Crippen molar-refractivity contribution in [2.24, 2.45) is 5.92 Å². The number of aryl methyl sites for hydroxylation is 1. The Morgan fingerprint density at radius 2 is 1.69 bits per heavy atom. The smallest absolute Gasteiger partial charge is 0.305 e. The van der Waals surface area contributed by atoms with Crippen LogP contribution in [-0.2, 0) is 16.2 Å². The van der Waals surface area contributed by atoms with E-state index >= 15 is 0 Å². The van der Waals surface area contributed by atoms with E-state index in [0.29, 0.717) is 23.1 Å². The quantitative estimate of drug-likeness (QED) is 0.374. The van der Waals surface area contributed by atoms with Crippen molar-refractivity contribution < 1.29 is 14.3 Å². The number of ether oxygens (including phenoxy) is 1. The number of rotatable bonds is 5. The summed E-state index contributed by atoms with van der Waals surface area (Å²) in [4.78, 5) is 44.1. The summed E-state index contributed by atoms with van der Waals surface area (Å²) in [5, 5.41) is 0.0739. The first kappa shape index (κ1) is 22.8. The highest BCUT2D eigenvalue weighted by molar-refractivity contribution is 8.00. The van der Waals surface area contributed by atoms with Crippen molar-refractivity contribution in [3.63, 3.8) is 0 Å². The fraction of sp³-hybridized carbons (Fsp3) is 0.179. The Bertz CT molecular complexity index is 1510. The fourth-order valence-electron chi connectivity index (χ4n) is 4.95. The first-order chi connectivity index (χ1) is 17.5. The van der Waals surface area contributed by atoms with Gasteiger partial charge in [0.25, 0.3) is 0 Å². The molecule has 1 N–H and O–H groups in total. The van der Waals surface area contributed by atoms with E-state index in [-0.39, 0.29) is 16.7 Å². The predicted octanol–water partition coefficient (Wildman–Crippen LogP) is 5.12. The van der Waals surface area contributed by atoms with Gasteiger partial charge in [-0.15, -0.1) is 0 Å². The number of nitrogens with zero attached hydrogens (tertiary/aromatic N) is 1. The first-order valence-electron chi connectivity index (χ1n) is 11.6. The molecule has 3 atom stereocenters. The highest BCUT2D eigenvalue weighted by Gasteiger charge is 2.56. The van der Waals surface area contributed by atoms with E-state index in [1.54, 1.807) is 12.1 Å². The number of aromatic amines is 1. The van der Waals surface area contributed by atoms with Gasteiger partial charge in [0.1, 0.15) is 17.6 Å². The molecule has 4 aromatic rings. The Labute approximate surface area is 215 Å². The molecule has 2 aliphatic heterocycles. The minimum absolute atomic E-state index is 0.185. The third-order valence-electron chi connectivity index (χ3n) is 6.57. The van der Waals surface area contributed by atoms with Crippen LogP contribution in [0, 0.1) is 12.8 Å². The van der Waals surface area contributed by atoms with Gasteiger partial charge in [-0.25, -0.2) is 4.90 Å². The molecule has 180 valence electrons. The molecule has 0 aliphatic carbocycles. The number of carbonyl (C=O) groups excluding carboxylic acids is 2. The molecule has 1 aromatic heterocycles. The molecule has 1 fully saturated rings. The van der Waals surface area contributed by atoms with Crippen LogP contribution in [-0.4, -0.2) is 22.0 Å². The molecular formula is C28H22N2O4S2. The number of para-hydroxylation sites is 1. The highest BCUT2D eigenvalue weighted by atomic mass is 32.2. The van der Waals surface area contributed by atoms with Crippen LogP contribution in [0.3, 0.4) is 0 Å². The molecule has 3 unspecified atom stereocenters. The Hall–Kier alpha value is -3.62. The van der Waals surface area contributed by atoms with Crippen LogP contribution in [0.5, 0.6) is 5.75 Å². The number of fused-ring (bicyclic) bond motifs is 2. The topological polar surface area (TPSA) is 79.5 Å². The van der Waals surface area contributed by atoms with E-state index in [4.69, 9.17) is 4.74 Å². The summed E-state index contributed by atoms with van der Waals surface area (Å²) in [6, 6.07) is 24.8. The molecule has 3 heterocycles. The van der Waals surface area contributed by atoms with E-state index in [1.165, 1.54) is 22.2 Å². The number of hydrogen-bond donors (Lipinski definition) is 1. The van der Waals surface area contributed by atoms with Gasteiger partial charge in [0.05, 0.1) is 16.6 Å².